The lowest BCUT2D eigenvalue weighted by atomic mass is 9.94. The molecule has 108 valence electrons. The van der Waals surface area contributed by atoms with Gasteiger partial charge in [0.05, 0.1) is 0 Å². The van der Waals surface area contributed by atoms with Crippen LogP contribution in [0.15, 0.2) is 36.4 Å². The minimum atomic E-state index is 0.894. The van der Waals surface area contributed by atoms with Crippen LogP contribution in [0, 0.1) is 12.8 Å². The summed E-state index contributed by atoms with van der Waals surface area (Å²) >= 11 is 0. The van der Waals surface area contributed by atoms with Gasteiger partial charge in [0.1, 0.15) is 0 Å². The molecule has 2 heteroatoms. The first-order chi connectivity index (χ1) is 9.81. The fourth-order valence-electron chi connectivity index (χ4n) is 3.33. The fourth-order valence-corrected chi connectivity index (χ4v) is 3.33. The predicted octanol–water partition coefficient (Wildman–Crippen LogP) is 3.47. The van der Waals surface area contributed by atoms with E-state index in [0.717, 1.165) is 5.92 Å². The van der Waals surface area contributed by atoms with E-state index in [1.165, 1.54) is 63.2 Å². The molecule has 0 radical (unpaired) electrons. The van der Waals surface area contributed by atoms with Gasteiger partial charge in [-0.25, -0.2) is 0 Å². The maximum Gasteiger partial charge on any atom is 0.0367 e. The molecule has 1 atom stereocenters. The molecule has 3 rings (SSSR count). The number of piperazine rings is 1. The molecule has 1 fully saturated rings. The van der Waals surface area contributed by atoms with Gasteiger partial charge in [-0.15, -0.1) is 0 Å². The van der Waals surface area contributed by atoms with Gasteiger partial charge in [-0.2, -0.15) is 0 Å². The second-order valence-electron chi connectivity index (χ2n) is 6.27. The number of nitrogens with zero attached hydrogens (tertiary/aromatic N) is 2. The zero-order chi connectivity index (χ0) is 13.8. The molecule has 2 aliphatic rings. The van der Waals surface area contributed by atoms with Gasteiger partial charge in [-0.3, -0.25) is 4.90 Å². The molecular formula is C18H26N2. The second kappa shape index (κ2) is 6.45. The lowest BCUT2D eigenvalue weighted by Crippen LogP contribution is -2.47. The number of anilines is 1. The Bertz CT molecular complexity index is 441. The Labute approximate surface area is 123 Å². The quantitative estimate of drug-likeness (QED) is 0.776. The summed E-state index contributed by atoms with van der Waals surface area (Å²) in [4.78, 5) is 5.19. The van der Waals surface area contributed by atoms with Crippen LogP contribution in [0.1, 0.15) is 24.8 Å². The van der Waals surface area contributed by atoms with Gasteiger partial charge in [0.25, 0.3) is 0 Å². The summed E-state index contributed by atoms with van der Waals surface area (Å²) < 4.78 is 0. The molecule has 1 aliphatic carbocycles. The third-order valence-corrected chi connectivity index (χ3v) is 4.67. The van der Waals surface area contributed by atoms with Crippen molar-refractivity contribution in [2.45, 2.75) is 26.2 Å². The molecule has 0 unspecified atom stereocenters. The number of aryl methyl sites for hydroxylation is 1. The van der Waals surface area contributed by atoms with E-state index in [4.69, 9.17) is 0 Å². The van der Waals surface area contributed by atoms with Gasteiger partial charge in [-0.05, 0) is 44.2 Å². The van der Waals surface area contributed by atoms with Crippen molar-refractivity contribution in [2.24, 2.45) is 5.92 Å². The van der Waals surface area contributed by atoms with Crippen molar-refractivity contribution < 1.29 is 0 Å². The first-order valence-electron chi connectivity index (χ1n) is 8.00. The Morgan fingerprint density at radius 3 is 2.40 bits per heavy atom. The monoisotopic (exact) mass is 270 g/mol. The molecule has 0 N–H and O–H groups in total. The summed E-state index contributed by atoms with van der Waals surface area (Å²) in [6.45, 7) is 8.23. The van der Waals surface area contributed by atoms with E-state index in [1.54, 1.807) is 0 Å². The first-order valence-corrected chi connectivity index (χ1v) is 8.00. The van der Waals surface area contributed by atoms with Gasteiger partial charge < -0.3 is 4.90 Å². The Balaban J connectivity index is 1.49. The molecule has 0 amide bonds. The predicted molar refractivity (Wildman–Crippen MR) is 86.3 cm³/mol. The topological polar surface area (TPSA) is 6.48 Å². The molecule has 1 aliphatic heterocycles. The maximum absolute atomic E-state index is 2.66. The Kier molecular flexibility index (Phi) is 4.41. The number of rotatable bonds is 3. The van der Waals surface area contributed by atoms with Gasteiger partial charge in [0.15, 0.2) is 0 Å². The lowest BCUT2D eigenvalue weighted by Gasteiger charge is -2.38. The Morgan fingerprint density at radius 2 is 1.75 bits per heavy atom. The Morgan fingerprint density at radius 1 is 1.00 bits per heavy atom. The van der Waals surface area contributed by atoms with Crippen LogP contribution >= 0.6 is 0 Å². The standard InChI is InChI=1S/C18H26N2/c1-16-7-9-18(10-8-16)20-13-11-19(12-14-20)15-17-5-3-2-4-6-17/h2-3,7-10,17H,4-6,11-15H2,1H3/t17-/m1/s1. The van der Waals surface area contributed by atoms with Crippen LogP contribution < -0.4 is 4.90 Å². The summed E-state index contributed by atoms with van der Waals surface area (Å²) in [6, 6.07) is 8.96. The van der Waals surface area contributed by atoms with Crippen LogP contribution in [0.4, 0.5) is 5.69 Å². The van der Waals surface area contributed by atoms with Gasteiger partial charge >= 0.3 is 0 Å². The summed E-state index contributed by atoms with van der Waals surface area (Å²) in [7, 11) is 0. The van der Waals surface area contributed by atoms with Crippen molar-refractivity contribution in [3.8, 4) is 0 Å². The van der Waals surface area contributed by atoms with Gasteiger partial charge in [0, 0.05) is 38.4 Å². The molecule has 1 saturated heterocycles. The molecule has 1 aromatic carbocycles. The molecule has 2 nitrogen and oxygen atoms in total. The van der Waals surface area contributed by atoms with Crippen molar-refractivity contribution in [1.82, 2.24) is 4.90 Å². The number of allylic oxidation sites excluding steroid dienone is 2. The smallest absolute Gasteiger partial charge is 0.0367 e. The van der Waals surface area contributed by atoms with E-state index in [-0.39, 0.29) is 0 Å². The van der Waals surface area contributed by atoms with Crippen LogP contribution in [0.5, 0.6) is 0 Å². The largest absolute Gasteiger partial charge is 0.369 e. The third kappa shape index (κ3) is 3.43. The first kappa shape index (κ1) is 13.7. The number of benzene rings is 1. The van der Waals surface area contributed by atoms with Crippen molar-refractivity contribution in [3.63, 3.8) is 0 Å². The van der Waals surface area contributed by atoms with Gasteiger partial charge in [0.2, 0.25) is 0 Å². The summed E-state index contributed by atoms with van der Waals surface area (Å²) in [6.07, 6.45) is 8.67. The van der Waals surface area contributed by atoms with Crippen LogP contribution in [-0.2, 0) is 0 Å². The van der Waals surface area contributed by atoms with Crippen LogP contribution in [0.2, 0.25) is 0 Å². The highest BCUT2D eigenvalue weighted by Gasteiger charge is 2.20. The zero-order valence-corrected chi connectivity index (χ0v) is 12.6. The zero-order valence-electron chi connectivity index (χ0n) is 12.6. The molecule has 0 saturated carbocycles. The summed E-state index contributed by atoms with van der Waals surface area (Å²) in [5.74, 6) is 0.894. The van der Waals surface area contributed by atoms with Gasteiger partial charge in [-0.1, -0.05) is 29.8 Å². The third-order valence-electron chi connectivity index (χ3n) is 4.67. The Hall–Kier alpha value is -1.28. The van der Waals surface area contributed by atoms with E-state index in [0.29, 0.717) is 0 Å². The minimum Gasteiger partial charge on any atom is -0.369 e. The van der Waals surface area contributed by atoms with Crippen molar-refractivity contribution in [2.75, 3.05) is 37.6 Å². The molecule has 20 heavy (non-hydrogen) atoms. The molecule has 0 aromatic heterocycles. The molecule has 0 bridgehead atoms. The number of hydrogen-bond acceptors (Lipinski definition) is 2. The SMILES string of the molecule is Cc1ccc(N2CCN(C[C@@H]3CC=CCC3)CC2)cc1. The summed E-state index contributed by atoms with van der Waals surface area (Å²) in [5.41, 5.74) is 2.73. The van der Waals surface area contributed by atoms with E-state index < -0.39 is 0 Å². The minimum absolute atomic E-state index is 0.894. The van der Waals surface area contributed by atoms with E-state index >= 15 is 0 Å². The average molecular weight is 270 g/mol. The highest BCUT2D eigenvalue weighted by atomic mass is 15.3. The fraction of sp³-hybridized carbons (Fsp3) is 0.556. The van der Waals surface area contributed by atoms with Crippen molar-refractivity contribution in [3.05, 3.63) is 42.0 Å². The maximum atomic E-state index is 2.66. The molecular weight excluding hydrogens is 244 g/mol. The highest BCUT2D eigenvalue weighted by Crippen LogP contribution is 2.21. The van der Waals surface area contributed by atoms with Crippen LogP contribution in [0.3, 0.4) is 0 Å². The van der Waals surface area contributed by atoms with Crippen molar-refractivity contribution in [1.29, 1.82) is 0 Å². The molecule has 1 aromatic rings. The van der Waals surface area contributed by atoms with E-state index in [2.05, 4.69) is 53.1 Å². The van der Waals surface area contributed by atoms with E-state index in [1.807, 2.05) is 0 Å². The van der Waals surface area contributed by atoms with Crippen molar-refractivity contribution >= 4 is 5.69 Å². The van der Waals surface area contributed by atoms with Crippen LogP contribution in [0.25, 0.3) is 0 Å². The summed E-state index contributed by atoms with van der Waals surface area (Å²) in [5, 5.41) is 0. The molecule has 0 spiro atoms. The van der Waals surface area contributed by atoms with E-state index in [9.17, 15) is 0 Å². The molecule has 1 heterocycles. The highest BCUT2D eigenvalue weighted by molar-refractivity contribution is 5.47. The second-order valence-corrected chi connectivity index (χ2v) is 6.27. The van der Waals surface area contributed by atoms with Crippen LogP contribution in [-0.4, -0.2) is 37.6 Å². The lowest BCUT2D eigenvalue weighted by molar-refractivity contribution is 0.211. The average Bonchev–Trinajstić information content (AvgIpc) is 2.50. The normalized spacial score (nSPS) is 24.1. The number of hydrogen-bond donors (Lipinski definition) is 0.